The Morgan fingerprint density at radius 3 is 2.62 bits per heavy atom. The van der Waals surface area contributed by atoms with Gasteiger partial charge in [0, 0.05) is 18.6 Å². The van der Waals surface area contributed by atoms with Crippen LogP contribution in [0, 0.1) is 5.92 Å². The van der Waals surface area contributed by atoms with E-state index in [-0.39, 0.29) is 0 Å². The molecular weight excluding hydrogens is 160 g/mol. The third-order valence-electron chi connectivity index (χ3n) is 3.68. The van der Waals surface area contributed by atoms with E-state index in [1.165, 1.54) is 38.8 Å². The van der Waals surface area contributed by atoms with Crippen LogP contribution in [-0.2, 0) is 0 Å². The van der Waals surface area contributed by atoms with Crippen molar-refractivity contribution in [1.82, 2.24) is 10.2 Å². The van der Waals surface area contributed by atoms with Crippen molar-refractivity contribution in [1.29, 1.82) is 0 Å². The van der Waals surface area contributed by atoms with Gasteiger partial charge in [0.05, 0.1) is 0 Å². The van der Waals surface area contributed by atoms with Gasteiger partial charge in [-0.1, -0.05) is 0 Å². The predicted octanol–water partition coefficient (Wildman–Crippen LogP) is 1.47. The molecule has 2 atom stereocenters. The van der Waals surface area contributed by atoms with E-state index in [4.69, 9.17) is 0 Å². The minimum atomic E-state index is 0.764. The van der Waals surface area contributed by atoms with Crippen molar-refractivity contribution in [2.45, 2.75) is 44.7 Å². The molecule has 2 rings (SSSR count). The second-order valence-corrected chi connectivity index (χ2v) is 4.72. The van der Waals surface area contributed by atoms with Crippen molar-refractivity contribution in [3.05, 3.63) is 0 Å². The Balaban J connectivity index is 1.80. The van der Waals surface area contributed by atoms with Crippen LogP contribution in [0.1, 0.15) is 32.6 Å². The molecule has 76 valence electrons. The van der Waals surface area contributed by atoms with Crippen molar-refractivity contribution in [2.75, 3.05) is 20.1 Å². The summed E-state index contributed by atoms with van der Waals surface area (Å²) in [4.78, 5) is 2.65. The number of likely N-dealkylation sites (tertiary alicyclic amines) is 1. The first-order valence-electron chi connectivity index (χ1n) is 5.72. The monoisotopic (exact) mass is 182 g/mol. The minimum Gasteiger partial charge on any atom is -0.315 e. The summed E-state index contributed by atoms with van der Waals surface area (Å²) >= 11 is 0. The van der Waals surface area contributed by atoms with Crippen LogP contribution in [0.4, 0.5) is 0 Å². The molecule has 1 saturated carbocycles. The molecule has 1 saturated heterocycles. The van der Waals surface area contributed by atoms with Gasteiger partial charge in [-0.15, -0.1) is 0 Å². The standard InChI is InChI=1S/C11H22N2/c1-9-4-3-7-13(9)8-11(12-2)10-5-6-10/h9-12H,3-8H2,1-2H3. The quantitative estimate of drug-likeness (QED) is 0.708. The van der Waals surface area contributed by atoms with Gasteiger partial charge in [-0.3, -0.25) is 4.90 Å². The molecule has 2 nitrogen and oxygen atoms in total. The molecule has 1 aliphatic heterocycles. The predicted molar refractivity (Wildman–Crippen MR) is 55.8 cm³/mol. The van der Waals surface area contributed by atoms with E-state index >= 15 is 0 Å². The molecule has 0 spiro atoms. The van der Waals surface area contributed by atoms with E-state index in [0.29, 0.717) is 0 Å². The molecule has 0 aromatic carbocycles. The summed E-state index contributed by atoms with van der Waals surface area (Å²) in [6.45, 7) is 4.97. The van der Waals surface area contributed by atoms with Crippen LogP contribution in [0.15, 0.2) is 0 Å². The van der Waals surface area contributed by atoms with Gasteiger partial charge in [0.1, 0.15) is 0 Å². The average molecular weight is 182 g/mol. The minimum absolute atomic E-state index is 0.764. The molecule has 0 bridgehead atoms. The SMILES string of the molecule is CNC(CN1CCCC1C)C1CC1. The van der Waals surface area contributed by atoms with Crippen molar-refractivity contribution in [2.24, 2.45) is 5.92 Å². The smallest absolute Gasteiger partial charge is 0.0220 e. The summed E-state index contributed by atoms with van der Waals surface area (Å²) in [7, 11) is 2.11. The molecule has 0 radical (unpaired) electrons. The first kappa shape index (κ1) is 9.47. The number of hydrogen-bond donors (Lipinski definition) is 1. The molecule has 0 amide bonds. The normalized spacial score (nSPS) is 32.3. The zero-order valence-corrected chi connectivity index (χ0v) is 8.92. The second-order valence-electron chi connectivity index (χ2n) is 4.72. The van der Waals surface area contributed by atoms with Gasteiger partial charge >= 0.3 is 0 Å². The lowest BCUT2D eigenvalue weighted by Gasteiger charge is -2.26. The third kappa shape index (κ3) is 2.23. The molecular formula is C11H22N2. The number of nitrogens with one attached hydrogen (secondary N) is 1. The van der Waals surface area contributed by atoms with Crippen molar-refractivity contribution < 1.29 is 0 Å². The van der Waals surface area contributed by atoms with E-state index < -0.39 is 0 Å². The molecule has 2 fully saturated rings. The maximum Gasteiger partial charge on any atom is 0.0220 e. The first-order chi connectivity index (χ1) is 6.31. The summed E-state index contributed by atoms with van der Waals surface area (Å²) in [5.74, 6) is 0.984. The van der Waals surface area contributed by atoms with Crippen LogP contribution in [0.5, 0.6) is 0 Å². The van der Waals surface area contributed by atoms with Gasteiger partial charge in [-0.05, 0) is 52.1 Å². The number of likely N-dealkylation sites (N-methyl/N-ethyl adjacent to an activating group) is 1. The summed E-state index contributed by atoms with van der Waals surface area (Å²) < 4.78 is 0. The highest BCUT2D eigenvalue weighted by Gasteiger charge is 2.33. The fourth-order valence-corrected chi connectivity index (χ4v) is 2.49. The van der Waals surface area contributed by atoms with Crippen molar-refractivity contribution in [3.63, 3.8) is 0 Å². The Morgan fingerprint density at radius 2 is 2.15 bits per heavy atom. The highest BCUT2D eigenvalue weighted by molar-refractivity contribution is 4.89. The number of hydrogen-bond acceptors (Lipinski definition) is 2. The highest BCUT2D eigenvalue weighted by Crippen LogP contribution is 2.33. The summed E-state index contributed by atoms with van der Waals surface area (Å²) in [5.41, 5.74) is 0. The van der Waals surface area contributed by atoms with E-state index in [1.54, 1.807) is 0 Å². The molecule has 1 aliphatic carbocycles. The van der Waals surface area contributed by atoms with Gasteiger partial charge in [-0.25, -0.2) is 0 Å². The first-order valence-corrected chi connectivity index (χ1v) is 5.72. The Bertz CT molecular complexity index is 165. The molecule has 1 N–H and O–H groups in total. The van der Waals surface area contributed by atoms with Crippen LogP contribution in [0.3, 0.4) is 0 Å². The molecule has 1 heterocycles. The van der Waals surface area contributed by atoms with E-state index in [0.717, 1.165) is 18.0 Å². The van der Waals surface area contributed by atoms with Crippen LogP contribution < -0.4 is 5.32 Å². The molecule has 2 unspecified atom stereocenters. The maximum atomic E-state index is 3.47. The van der Waals surface area contributed by atoms with Gasteiger partial charge < -0.3 is 5.32 Å². The number of nitrogens with zero attached hydrogens (tertiary/aromatic N) is 1. The van der Waals surface area contributed by atoms with Gasteiger partial charge in [-0.2, -0.15) is 0 Å². The third-order valence-corrected chi connectivity index (χ3v) is 3.68. The maximum absolute atomic E-state index is 3.47. The Morgan fingerprint density at radius 1 is 1.38 bits per heavy atom. The fraction of sp³-hybridized carbons (Fsp3) is 1.00. The molecule has 0 aromatic heterocycles. The lowest BCUT2D eigenvalue weighted by molar-refractivity contribution is 0.230. The van der Waals surface area contributed by atoms with Crippen molar-refractivity contribution in [3.8, 4) is 0 Å². The van der Waals surface area contributed by atoms with Gasteiger partial charge in [0.2, 0.25) is 0 Å². The van der Waals surface area contributed by atoms with Crippen LogP contribution in [-0.4, -0.2) is 37.1 Å². The van der Waals surface area contributed by atoms with Crippen LogP contribution in [0.2, 0.25) is 0 Å². The van der Waals surface area contributed by atoms with E-state index in [1.807, 2.05) is 0 Å². The summed E-state index contributed by atoms with van der Waals surface area (Å²) in [6.07, 6.45) is 5.71. The molecule has 13 heavy (non-hydrogen) atoms. The largest absolute Gasteiger partial charge is 0.315 e. The Kier molecular flexibility index (Phi) is 2.89. The van der Waals surface area contributed by atoms with Crippen LogP contribution >= 0.6 is 0 Å². The van der Waals surface area contributed by atoms with Crippen molar-refractivity contribution >= 4 is 0 Å². The second kappa shape index (κ2) is 3.97. The Hall–Kier alpha value is -0.0800. The van der Waals surface area contributed by atoms with Gasteiger partial charge in [0.25, 0.3) is 0 Å². The lowest BCUT2D eigenvalue weighted by atomic mass is 10.1. The molecule has 0 aromatic rings. The van der Waals surface area contributed by atoms with E-state index in [2.05, 4.69) is 24.2 Å². The highest BCUT2D eigenvalue weighted by atomic mass is 15.2. The zero-order chi connectivity index (χ0) is 9.26. The Labute approximate surface area is 81.7 Å². The van der Waals surface area contributed by atoms with Gasteiger partial charge in [0.15, 0.2) is 0 Å². The fourth-order valence-electron chi connectivity index (χ4n) is 2.49. The lowest BCUT2D eigenvalue weighted by Crippen LogP contribution is -2.42. The summed E-state index contributed by atoms with van der Waals surface area (Å²) in [5, 5.41) is 3.47. The van der Waals surface area contributed by atoms with Crippen LogP contribution in [0.25, 0.3) is 0 Å². The zero-order valence-electron chi connectivity index (χ0n) is 8.92. The number of rotatable bonds is 4. The average Bonchev–Trinajstić information content (AvgIpc) is 2.88. The topological polar surface area (TPSA) is 15.3 Å². The molecule has 2 aliphatic rings. The van der Waals surface area contributed by atoms with E-state index in [9.17, 15) is 0 Å². The summed E-state index contributed by atoms with van der Waals surface area (Å²) in [6, 6.07) is 1.59. The molecule has 2 heteroatoms.